The molecule has 0 aromatic carbocycles. The second-order valence-corrected chi connectivity index (χ2v) is 5.67. The van der Waals surface area contributed by atoms with E-state index in [1.54, 1.807) is 0 Å². The summed E-state index contributed by atoms with van der Waals surface area (Å²) in [5.41, 5.74) is 0.737. The first kappa shape index (κ1) is 14.1. The molecule has 1 N–H and O–H groups in total. The normalized spacial score (nSPS) is 13.8. The van der Waals surface area contributed by atoms with Crippen LogP contribution in [0, 0.1) is 17.8 Å². The lowest BCUT2D eigenvalue weighted by Gasteiger charge is -2.19. The number of aliphatic hydroxyl groups is 1. The molecule has 1 aliphatic rings. The van der Waals surface area contributed by atoms with Crippen LogP contribution in [-0.2, 0) is 0 Å². The lowest BCUT2D eigenvalue weighted by Crippen LogP contribution is -2.32. The smallest absolute Gasteiger partial charge is 0.254 e. The number of thiophene rings is 1. The van der Waals surface area contributed by atoms with Crippen LogP contribution < -0.4 is 0 Å². The van der Waals surface area contributed by atoms with Gasteiger partial charge in [0.25, 0.3) is 5.91 Å². The van der Waals surface area contributed by atoms with Crippen LogP contribution in [0.4, 0.5) is 0 Å². The quantitative estimate of drug-likeness (QED) is 0.839. The number of hydrogen-bond donors (Lipinski definition) is 1. The Labute approximate surface area is 118 Å². The van der Waals surface area contributed by atoms with E-state index in [0.717, 1.165) is 23.5 Å². The van der Waals surface area contributed by atoms with Gasteiger partial charge in [-0.1, -0.05) is 11.8 Å². The van der Waals surface area contributed by atoms with E-state index in [1.165, 1.54) is 24.2 Å². The molecule has 0 aliphatic heterocycles. The topological polar surface area (TPSA) is 40.5 Å². The van der Waals surface area contributed by atoms with Gasteiger partial charge in [0, 0.05) is 24.9 Å². The summed E-state index contributed by atoms with van der Waals surface area (Å²) >= 11 is 1.49. The molecule has 0 radical (unpaired) electrons. The van der Waals surface area contributed by atoms with E-state index in [-0.39, 0.29) is 12.5 Å². The number of rotatable bonds is 5. The molecule has 1 fully saturated rings. The predicted octanol–water partition coefficient (Wildman–Crippen LogP) is 2.35. The Morgan fingerprint density at radius 1 is 1.58 bits per heavy atom. The molecule has 0 saturated heterocycles. The first-order valence-electron chi connectivity index (χ1n) is 6.72. The Hall–Kier alpha value is -1.31. The average Bonchev–Trinajstić information content (AvgIpc) is 3.12. The summed E-state index contributed by atoms with van der Waals surface area (Å²) in [6.07, 6.45) is 2.99. The zero-order valence-electron chi connectivity index (χ0n) is 11.2. The Balaban J connectivity index is 2.00. The highest BCUT2D eigenvalue weighted by Crippen LogP contribution is 2.30. The molecule has 3 nitrogen and oxygen atoms in total. The summed E-state index contributed by atoms with van der Waals surface area (Å²) in [4.78, 5) is 15.1. The van der Waals surface area contributed by atoms with Crippen molar-refractivity contribution in [3.63, 3.8) is 0 Å². The van der Waals surface area contributed by atoms with Crippen LogP contribution in [0.3, 0.4) is 0 Å². The monoisotopic (exact) mass is 277 g/mol. The van der Waals surface area contributed by atoms with Gasteiger partial charge in [-0.3, -0.25) is 4.79 Å². The molecule has 0 unspecified atom stereocenters. The molecule has 0 bridgehead atoms. The Morgan fingerprint density at radius 3 is 3.00 bits per heavy atom. The molecule has 0 spiro atoms. The first-order valence-corrected chi connectivity index (χ1v) is 7.60. The molecule has 1 aromatic rings. The van der Waals surface area contributed by atoms with Crippen molar-refractivity contribution in [2.24, 2.45) is 5.92 Å². The average molecular weight is 277 g/mol. The van der Waals surface area contributed by atoms with Crippen molar-refractivity contribution in [3.8, 4) is 11.8 Å². The fourth-order valence-corrected chi connectivity index (χ4v) is 2.62. The third-order valence-electron chi connectivity index (χ3n) is 3.14. The Bertz CT molecular complexity index is 494. The van der Waals surface area contributed by atoms with Crippen LogP contribution >= 0.6 is 11.3 Å². The number of aliphatic hydroxyl groups excluding tert-OH is 1. The maximum absolute atomic E-state index is 12.3. The van der Waals surface area contributed by atoms with Gasteiger partial charge in [0.2, 0.25) is 0 Å². The summed E-state index contributed by atoms with van der Waals surface area (Å²) in [5.74, 6) is 6.67. The van der Waals surface area contributed by atoms with Gasteiger partial charge in [0.15, 0.2) is 0 Å². The molecule has 102 valence electrons. The van der Waals surface area contributed by atoms with Gasteiger partial charge in [-0.15, -0.1) is 11.3 Å². The minimum Gasteiger partial charge on any atom is -0.395 e. The predicted molar refractivity (Wildman–Crippen MR) is 77.2 cm³/mol. The second-order valence-electron chi connectivity index (χ2n) is 4.76. The molecular formula is C15H19NO2S. The number of hydrogen-bond acceptors (Lipinski definition) is 3. The van der Waals surface area contributed by atoms with Gasteiger partial charge in [0.1, 0.15) is 0 Å². The van der Waals surface area contributed by atoms with Crippen LogP contribution in [0.2, 0.25) is 0 Å². The minimum absolute atomic E-state index is 0.0785. The summed E-state index contributed by atoms with van der Waals surface area (Å²) < 4.78 is 0. The van der Waals surface area contributed by atoms with Crippen molar-refractivity contribution in [2.45, 2.75) is 26.2 Å². The fraction of sp³-hybridized carbons (Fsp3) is 0.533. The SMILES string of the molecule is CCN(CC1CC1)C(=O)c1csc(C#CCCO)c1. The van der Waals surface area contributed by atoms with Crippen LogP contribution in [0.15, 0.2) is 11.4 Å². The van der Waals surface area contributed by atoms with Crippen molar-refractivity contribution in [2.75, 3.05) is 19.7 Å². The molecule has 19 heavy (non-hydrogen) atoms. The Morgan fingerprint density at radius 2 is 2.37 bits per heavy atom. The highest BCUT2D eigenvalue weighted by atomic mass is 32.1. The third-order valence-corrected chi connectivity index (χ3v) is 3.98. The summed E-state index contributed by atoms with van der Waals surface area (Å²) in [7, 11) is 0. The zero-order chi connectivity index (χ0) is 13.7. The maximum atomic E-state index is 12.3. The molecule has 1 saturated carbocycles. The van der Waals surface area contributed by atoms with E-state index >= 15 is 0 Å². The summed E-state index contributed by atoms with van der Waals surface area (Å²) in [6.45, 7) is 3.75. The van der Waals surface area contributed by atoms with Crippen molar-refractivity contribution < 1.29 is 9.90 Å². The molecule has 1 amide bonds. The zero-order valence-corrected chi connectivity index (χ0v) is 12.0. The van der Waals surface area contributed by atoms with Gasteiger partial charge in [-0.25, -0.2) is 0 Å². The highest BCUT2D eigenvalue weighted by molar-refractivity contribution is 7.10. The first-order chi connectivity index (χ1) is 9.24. The van der Waals surface area contributed by atoms with Gasteiger partial charge >= 0.3 is 0 Å². The van der Waals surface area contributed by atoms with Gasteiger partial charge in [-0.2, -0.15) is 0 Å². The van der Waals surface area contributed by atoms with Crippen molar-refractivity contribution in [1.29, 1.82) is 0 Å². The minimum atomic E-state index is 0.0785. The van der Waals surface area contributed by atoms with Crippen molar-refractivity contribution in [3.05, 3.63) is 21.9 Å². The fourth-order valence-electron chi connectivity index (χ4n) is 1.87. The van der Waals surface area contributed by atoms with E-state index in [1.807, 2.05) is 23.3 Å². The largest absolute Gasteiger partial charge is 0.395 e. The molecule has 1 aliphatic carbocycles. The van der Waals surface area contributed by atoms with Crippen LogP contribution in [0.25, 0.3) is 0 Å². The molecule has 1 heterocycles. The third kappa shape index (κ3) is 4.09. The van der Waals surface area contributed by atoms with E-state index < -0.39 is 0 Å². The molecule has 4 heteroatoms. The van der Waals surface area contributed by atoms with E-state index in [9.17, 15) is 4.79 Å². The lowest BCUT2D eigenvalue weighted by atomic mass is 10.2. The highest BCUT2D eigenvalue weighted by Gasteiger charge is 2.26. The summed E-state index contributed by atoms with van der Waals surface area (Å²) in [6, 6.07) is 1.85. The van der Waals surface area contributed by atoms with Crippen LogP contribution in [0.5, 0.6) is 0 Å². The number of carbonyl (C=O) groups is 1. The molecule has 0 atom stereocenters. The van der Waals surface area contributed by atoms with Gasteiger partial charge in [0.05, 0.1) is 17.0 Å². The number of nitrogens with zero attached hydrogens (tertiary/aromatic N) is 1. The van der Waals surface area contributed by atoms with Gasteiger partial charge < -0.3 is 10.0 Å². The molecular weight excluding hydrogens is 258 g/mol. The molecule has 1 aromatic heterocycles. The van der Waals surface area contributed by atoms with E-state index in [2.05, 4.69) is 11.8 Å². The van der Waals surface area contributed by atoms with E-state index in [0.29, 0.717) is 12.3 Å². The Kier molecular flexibility index (Phi) is 5.00. The lowest BCUT2D eigenvalue weighted by molar-refractivity contribution is 0.0757. The number of amides is 1. The second kappa shape index (κ2) is 6.74. The molecule has 2 rings (SSSR count). The summed E-state index contributed by atoms with van der Waals surface area (Å²) in [5, 5.41) is 10.5. The van der Waals surface area contributed by atoms with E-state index in [4.69, 9.17) is 5.11 Å². The maximum Gasteiger partial charge on any atom is 0.254 e. The van der Waals surface area contributed by atoms with Gasteiger partial charge in [-0.05, 0) is 31.7 Å². The number of carbonyl (C=O) groups excluding carboxylic acids is 1. The van der Waals surface area contributed by atoms with Crippen LogP contribution in [0.1, 0.15) is 41.4 Å². The standard InChI is InChI=1S/C15H19NO2S/c1-2-16(10-12-6-7-12)15(18)13-9-14(19-11-13)5-3-4-8-17/h9,11-12,17H,2,4,6-8,10H2,1H3. The van der Waals surface area contributed by atoms with Crippen molar-refractivity contribution >= 4 is 17.2 Å². The van der Waals surface area contributed by atoms with Crippen molar-refractivity contribution in [1.82, 2.24) is 4.90 Å². The van der Waals surface area contributed by atoms with Crippen LogP contribution in [-0.4, -0.2) is 35.6 Å².